The molecule has 1 radical (unpaired) electrons. The van der Waals surface area contributed by atoms with Gasteiger partial charge in [-0.1, -0.05) is 137 Å². The molecule has 0 unspecified atom stereocenters. The Morgan fingerprint density at radius 1 is 0.741 bits per heavy atom. The van der Waals surface area contributed by atoms with Crippen molar-refractivity contribution >= 4 is 33.1 Å². The second kappa shape index (κ2) is 17.9. The van der Waals surface area contributed by atoms with Crippen molar-refractivity contribution in [2.45, 2.75) is 155 Å². The molecule has 4 aromatic rings. The second-order valence-electron chi connectivity index (χ2n) is 19.3. The van der Waals surface area contributed by atoms with Crippen LogP contribution < -0.4 is 4.74 Å². The summed E-state index contributed by atoms with van der Waals surface area (Å²) < 4.78 is 6.83. The van der Waals surface area contributed by atoms with Gasteiger partial charge in [0.25, 0.3) is 0 Å². The Kier molecular flexibility index (Phi) is 15.1. The van der Waals surface area contributed by atoms with Crippen molar-refractivity contribution in [3.8, 4) is 22.8 Å². The molecule has 297 valence electrons. The predicted octanol–water partition coefficient (Wildman–Crippen LogP) is 13.9. The van der Waals surface area contributed by atoms with E-state index in [0.29, 0.717) is 0 Å². The summed E-state index contributed by atoms with van der Waals surface area (Å²) in [6, 6.07) is 17.3. The zero-order valence-corrected chi connectivity index (χ0v) is 38.4. The molecule has 1 aliphatic rings. The molecule has 0 atom stereocenters. The molecule has 0 saturated carbocycles. The zero-order valence-electron chi connectivity index (χ0n) is 36.0. The van der Waals surface area contributed by atoms with E-state index >= 15 is 0 Å². The number of ketones is 2. The fraction of sp³-hybridized carbons (Fsp3) is 0.571. The Morgan fingerprint density at radius 3 is 1.85 bits per heavy atom. The Bertz CT molecular complexity index is 1920. The molecule has 4 nitrogen and oxygen atoms in total. The Balaban J connectivity index is 0.000000372. The maximum Gasteiger partial charge on any atom is 0.146 e. The maximum absolute atomic E-state index is 12.3. The fourth-order valence-electron chi connectivity index (χ4n) is 8.14. The summed E-state index contributed by atoms with van der Waals surface area (Å²) >= 11 is 0. The van der Waals surface area contributed by atoms with Gasteiger partial charge in [-0.25, -0.2) is 0 Å². The van der Waals surface area contributed by atoms with E-state index in [4.69, 9.17) is 9.72 Å². The zero-order chi connectivity index (χ0) is 39.5. The van der Waals surface area contributed by atoms with Gasteiger partial charge in [0.15, 0.2) is 0 Å². The van der Waals surface area contributed by atoms with E-state index in [1.165, 1.54) is 27.5 Å². The van der Waals surface area contributed by atoms with Gasteiger partial charge < -0.3 is 4.74 Å². The summed E-state index contributed by atoms with van der Waals surface area (Å²) in [5.41, 5.74) is 6.19. The van der Waals surface area contributed by atoms with Crippen molar-refractivity contribution in [2.75, 3.05) is 0 Å². The third-order valence-electron chi connectivity index (χ3n) is 11.1. The van der Waals surface area contributed by atoms with Gasteiger partial charge in [-0.2, -0.15) is 0 Å². The van der Waals surface area contributed by atoms with Crippen molar-refractivity contribution in [2.24, 2.45) is 27.6 Å². The van der Waals surface area contributed by atoms with Crippen LogP contribution in [-0.2, 0) is 49.0 Å². The van der Waals surface area contributed by atoms with E-state index in [9.17, 15) is 9.59 Å². The number of hydrogen-bond donors (Lipinski definition) is 0. The number of ether oxygens (including phenoxy) is 1. The van der Waals surface area contributed by atoms with Gasteiger partial charge in [0, 0.05) is 48.7 Å². The number of nitrogens with zero attached hydrogens (tertiary/aromatic N) is 1. The van der Waals surface area contributed by atoms with Gasteiger partial charge in [-0.3, -0.25) is 14.6 Å². The minimum absolute atomic E-state index is 0. The van der Waals surface area contributed by atoms with Crippen LogP contribution in [0.15, 0.2) is 42.6 Å². The molecule has 0 saturated heterocycles. The van der Waals surface area contributed by atoms with Crippen LogP contribution >= 0.6 is 0 Å². The van der Waals surface area contributed by atoms with E-state index < -0.39 is 0 Å². The van der Waals surface area contributed by atoms with Crippen LogP contribution in [0.1, 0.15) is 152 Å². The Labute approximate surface area is 341 Å². The molecule has 5 rings (SSSR count). The first-order valence-electron chi connectivity index (χ1n) is 20.3. The summed E-state index contributed by atoms with van der Waals surface area (Å²) in [4.78, 5) is 29.2. The smallest absolute Gasteiger partial charge is 0.146 e. The van der Waals surface area contributed by atoms with Crippen LogP contribution in [-0.4, -0.2) is 16.6 Å². The molecule has 0 fully saturated rings. The number of carbonyl (C=O) groups is 2. The van der Waals surface area contributed by atoms with Crippen LogP contribution in [0.4, 0.5) is 0 Å². The molecule has 1 aromatic heterocycles. The Morgan fingerprint density at radius 2 is 1.31 bits per heavy atom. The summed E-state index contributed by atoms with van der Waals surface area (Å²) in [6.07, 6.45) is 9.26. The molecule has 5 heteroatoms. The van der Waals surface area contributed by atoms with Crippen molar-refractivity contribution in [1.82, 2.24) is 4.98 Å². The van der Waals surface area contributed by atoms with E-state index in [2.05, 4.69) is 105 Å². The molecule has 0 bridgehead atoms. The third kappa shape index (κ3) is 10.9. The molecule has 0 aliphatic carbocycles. The first-order chi connectivity index (χ1) is 24.7. The topological polar surface area (TPSA) is 56.3 Å². The average Bonchev–Trinajstić information content (AvgIpc) is 3.05. The molecule has 1 aliphatic heterocycles. The summed E-state index contributed by atoms with van der Waals surface area (Å²) in [7, 11) is 0. The summed E-state index contributed by atoms with van der Waals surface area (Å²) in [5.74, 6) is 2.22. The molecule has 3 aromatic carbocycles. The molecule has 0 N–H and O–H groups in total. The number of benzene rings is 3. The summed E-state index contributed by atoms with van der Waals surface area (Å²) in [6.45, 7) is 30.8. The molecule has 0 amide bonds. The maximum atomic E-state index is 12.3. The predicted molar refractivity (Wildman–Crippen MR) is 225 cm³/mol. The van der Waals surface area contributed by atoms with Crippen LogP contribution in [0.5, 0.6) is 11.5 Å². The second-order valence-corrected chi connectivity index (χ2v) is 19.3. The molecule has 54 heavy (non-hydrogen) atoms. The van der Waals surface area contributed by atoms with Crippen molar-refractivity contribution in [3.05, 3.63) is 65.4 Å². The fourth-order valence-corrected chi connectivity index (χ4v) is 8.14. The molecular formula is C49H68IrNO3-. The first kappa shape index (κ1) is 45.5. The van der Waals surface area contributed by atoms with Crippen molar-refractivity contribution < 1.29 is 34.4 Å². The molecule has 0 spiro atoms. The minimum Gasteiger partial charge on any atom is -0.492 e. The van der Waals surface area contributed by atoms with E-state index in [1.54, 1.807) is 0 Å². The normalized spacial score (nSPS) is 12.9. The van der Waals surface area contributed by atoms with Crippen LogP contribution in [0.25, 0.3) is 32.8 Å². The SMILES string of the molecule is CC(C)(C)Cc1ccc2c(CC(C)(C)C)c3c([c-]c2c1)-c1nccc2cc(CC(C)(C)C)cc(c12)O3.CCC(CC)C(=O)CC(=O)C(CC)(CC)CC.[Ir]. The van der Waals surface area contributed by atoms with Gasteiger partial charge in [0.05, 0.1) is 12.2 Å². The number of aromatic nitrogens is 1. The van der Waals surface area contributed by atoms with E-state index in [-0.39, 0.29) is 65.7 Å². The third-order valence-corrected chi connectivity index (χ3v) is 11.1. The largest absolute Gasteiger partial charge is 0.492 e. The summed E-state index contributed by atoms with van der Waals surface area (Å²) in [5, 5.41) is 4.69. The molecule has 2 heterocycles. The number of hydrogen-bond acceptors (Lipinski definition) is 4. The van der Waals surface area contributed by atoms with Crippen molar-refractivity contribution in [3.63, 3.8) is 0 Å². The quantitative estimate of drug-likeness (QED) is 0.0924. The van der Waals surface area contributed by atoms with E-state index in [1.807, 2.05) is 40.8 Å². The van der Waals surface area contributed by atoms with Gasteiger partial charge in [-0.15, -0.1) is 17.5 Å². The number of pyridine rings is 1. The van der Waals surface area contributed by atoms with Crippen LogP contribution in [0, 0.1) is 33.6 Å². The van der Waals surface area contributed by atoms with E-state index in [0.717, 1.165) is 84.9 Å². The average molecular weight is 911 g/mol. The monoisotopic (exact) mass is 911 g/mol. The Hall–Kier alpha value is -2.88. The number of carbonyl (C=O) groups excluding carboxylic acids is 2. The number of rotatable bonds is 12. The molecular weight excluding hydrogens is 843 g/mol. The minimum atomic E-state index is -0.262. The van der Waals surface area contributed by atoms with Gasteiger partial charge in [-0.05, 0) is 90.7 Å². The number of fused-ring (bicyclic) bond motifs is 3. The number of Topliss-reactive ketones (excluding diaryl/α,β-unsaturated/α-hetero) is 2. The van der Waals surface area contributed by atoms with Crippen molar-refractivity contribution in [1.29, 1.82) is 0 Å². The van der Waals surface area contributed by atoms with Gasteiger partial charge in [0.2, 0.25) is 0 Å². The standard InChI is InChI=1S/C34H40NO.C15H28O2.Ir/c1-32(2,3)18-21-10-11-25-24(14-21)17-26-30-29-23(12-13-35-30)15-22(19-33(4,5)6)16-28(29)36-31(26)27(25)20-34(7,8)9;1-6-12(7-2)13(16)11-14(17)15(8-3,9-4)10-5;/h10-16H,18-20H2,1-9H3;12H,6-11H2,1-5H3;/q-1;;. The van der Waals surface area contributed by atoms with Crippen LogP contribution in [0.3, 0.4) is 0 Å². The van der Waals surface area contributed by atoms with Gasteiger partial charge in [0.1, 0.15) is 17.3 Å². The van der Waals surface area contributed by atoms with Gasteiger partial charge >= 0.3 is 0 Å². The van der Waals surface area contributed by atoms with Crippen LogP contribution in [0.2, 0.25) is 0 Å². The first-order valence-corrected chi connectivity index (χ1v) is 20.3.